The van der Waals surface area contributed by atoms with Gasteiger partial charge in [0, 0.05) is 24.3 Å². The van der Waals surface area contributed by atoms with Crippen LogP contribution in [0, 0.1) is 5.82 Å². The van der Waals surface area contributed by atoms with Gasteiger partial charge in [-0.3, -0.25) is 9.59 Å². The molecule has 0 bridgehead atoms. The molecule has 0 aliphatic carbocycles. The van der Waals surface area contributed by atoms with E-state index in [-0.39, 0.29) is 17.6 Å². The number of benzene rings is 4. The van der Waals surface area contributed by atoms with Crippen LogP contribution in [0.1, 0.15) is 32.6 Å². The van der Waals surface area contributed by atoms with Gasteiger partial charge < -0.3 is 9.80 Å². The number of rotatable bonds is 6. The van der Waals surface area contributed by atoms with Gasteiger partial charge in [0.05, 0.1) is 13.0 Å². The van der Waals surface area contributed by atoms with Crippen LogP contribution < -0.4 is 4.90 Å². The molecule has 180 valence electrons. The molecule has 0 aromatic heterocycles. The van der Waals surface area contributed by atoms with Crippen molar-refractivity contribution in [3.63, 3.8) is 0 Å². The van der Waals surface area contributed by atoms with Gasteiger partial charge in [0.2, 0.25) is 5.91 Å². The van der Waals surface area contributed by atoms with Gasteiger partial charge >= 0.3 is 0 Å². The predicted molar refractivity (Wildman–Crippen MR) is 139 cm³/mol. The molecule has 0 atom stereocenters. The highest BCUT2D eigenvalue weighted by molar-refractivity contribution is 6.06. The monoisotopic (exact) mass is 478 g/mol. The lowest BCUT2D eigenvalue weighted by molar-refractivity contribution is -0.131. The maximum atomic E-state index is 13.4. The van der Waals surface area contributed by atoms with Crippen LogP contribution >= 0.6 is 0 Å². The minimum absolute atomic E-state index is 0.0979. The van der Waals surface area contributed by atoms with Crippen molar-refractivity contribution in [3.05, 3.63) is 137 Å². The lowest BCUT2D eigenvalue weighted by Gasteiger charge is -2.29. The Morgan fingerprint density at radius 3 is 2.11 bits per heavy atom. The number of carbonyl (C=O) groups excluding carboxylic acids is 2. The third kappa shape index (κ3) is 5.36. The Morgan fingerprint density at radius 1 is 0.750 bits per heavy atom. The van der Waals surface area contributed by atoms with E-state index in [9.17, 15) is 14.0 Å². The van der Waals surface area contributed by atoms with Crippen molar-refractivity contribution in [3.8, 4) is 0 Å². The normalized spacial score (nSPS) is 12.6. The standard InChI is InChI=1S/C31H27FN2O2/c32-28-14-10-24(11-15-28)21-34(31(36)26-7-2-1-3-8-26)29-16-12-23(13-17-29)20-30(35)33-19-18-25-6-4-5-9-27(25)22-33/h1-17H,18-22H2. The van der Waals surface area contributed by atoms with Crippen molar-refractivity contribution in [2.75, 3.05) is 11.4 Å². The first-order valence-electron chi connectivity index (χ1n) is 12.1. The average Bonchev–Trinajstić information content (AvgIpc) is 2.93. The maximum absolute atomic E-state index is 13.4. The summed E-state index contributed by atoms with van der Waals surface area (Å²) in [7, 11) is 0. The number of nitrogens with zero attached hydrogens (tertiary/aromatic N) is 2. The number of carbonyl (C=O) groups is 2. The minimum atomic E-state index is -0.314. The molecule has 0 saturated carbocycles. The van der Waals surface area contributed by atoms with Crippen LogP contribution in [0.25, 0.3) is 0 Å². The topological polar surface area (TPSA) is 40.6 Å². The molecule has 0 radical (unpaired) electrons. The molecule has 5 rings (SSSR count). The summed E-state index contributed by atoms with van der Waals surface area (Å²) < 4.78 is 13.4. The van der Waals surface area contributed by atoms with E-state index in [1.54, 1.807) is 29.2 Å². The predicted octanol–water partition coefficient (Wildman–Crippen LogP) is 5.80. The number of hydrogen-bond acceptors (Lipinski definition) is 2. The van der Waals surface area contributed by atoms with Crippen molar-refractivity contribution in [1.29, 1.82) is 0 Å². The summed E-state index contributed by atoms with van der Waals surface area (Å²) in [5.74, 6) is -0.359. The van der Waals surface area contributed by atoms with Crippen LogP contribution in [-0.2, 0) is 30.7 Å². The number of hydrogen-bond donors (Lipinski definition) is 0. The van der Waals surface area contributed by atoms with Gasteiger partial charge in [0.15, 0.2) is 0 Å². The van der Waals surface area contributed by atoms with E-state index in [0.29, 0.717) is 25.1 Å². The van der Waals surface area contributed by atoms with Crippen molar-refractivity contribution in [1.82, 2.24) is 4.90 Å². The molecule has 1 heterocycles. The summed E-state index contributed by atoms with van der Waals surface area (Å²) in [4.78, 5) is 30.0. The van der Waals surface area contributed by atoms with E-state index in [4.69, 9.17) is 0 Å². The van der Waals surface area contributed by atoms with Gasteiger partial charge in [0.25, 0.3) is 5.91 Å². The molecule has 1 aliphatic rings. The maximum Gasteiger partial charge on any atom is 0.258 e. The second kappa shape index (κ2) is 10.6. The highest BCUT2D eigenvalue weighted by Crippen LogP contribution is 2.23. The Balaban J connectivity index is 1.32. The molecule has 1 aliphatic heterocycles. The van der Waals surface area contributed by atoms with E-state index >= 15 is 0 Å². The zero-order chi connectivity index (χ0) is 24.9. The average molecular weight is 479 g/mol. The van der Waals surface area contributed by atoms with Crippen LogP contribution in [0.5, 0.6) is 0 Å². The van der Waals surface area contributed by atoms with E-state index < -0.39 is 0 Å². The quantitative estimate of drug-likeness (QED) is 0.351. The molecule has 4 nitrogen and oxygen atoms in total. The van der Waals surface area contributed by atoms with Gasteiger partial charge in [-0.15, -0.1) is 0 Å². The van der Waals surface area contributed by atoms with Gasteiger partial charge in [-0.1, -0.05) is 66.7 Å². The Kier molecular flexibility index (Phi) is 6.89. The van der Waals surface area contributed by atoms with Gasteiger partial charge in [-0.25, -0.2) is 4.39 Å². The van der Waals surface area contributed by atoms with Crippen molar-refractivity contribution >= 4 is 17.5 Å². The van der Waals surface area contributed by atoms with Crippen LogP contribution in [0.4, 0.5) is 10.1 Å². The number of anilines is 1. The van der Waals surface area contributed by atoms with Crippen molar-refractivity contribution in [2.45, 2.75) is 25.9 Å². The van der Waals surface area contributed by atoms with Crippen molar-refractivity contribution < 1.29 is 14.0 Å². The Hall–Kier alpha value is -4.25. The zero-order valence-corrected chi connectivity index (χ0v) is 19.9. The number of halogens is 1. The Labute approximate surface area is 210 Å². The summed E-state index contributed by atoms with van der Waals surface area (Å²) in [5, 5.41) is 0. The summed E-state index contributed by atoms with van der Waals surface area (Å²) in [6.45, 7) is 1.68. The summed E-state index contributed by atoms with van der Waals surface area (Å²) in [6, 6.07) is 31.1. The fraction of sp³-hybridized carbons (Fsp3) is 0.161. The number of amides is 2. The Bertz CT molecular complexity index is 1350. The van der Waals surface area contributed by atoms with E-state index in [1.807, 2.05) is 59.5 Å². The van der Waals surface area contributed by atoms with Crippen LogP contribution in [0.15, 0.2) is 103 Å². The summed E-state index contributed by atoms with van der Waals surface area (Å²) >= 11 is 0. The largest absolute Gasteiger partial charge is 0.338 e. The molecule has 4 aromatic carbocycles. The second-order valence-electron chi connectivity index (χ2n) is 9.06. The first-order chi connectivity index (χ1) is 17.6. The molecule has 4 aromatic rings. The number of fused-ring (bicyclic) bond motifs is 1. The fourth-order valence-electron chi connectivity index (χ4n) is 4.58. The van der Waals surface area contributed by atoms with Gasteiger partial charge in [-0.05, 0) is 65.1 Å². The van der Waals surface area contributed by atoms with Gasteiger partial charge in [0.1, 0.15) is 5.82 Å². The lowest BCUT2D eigenvalue weighted by atomic mass is 9.99. The molecule has 0 N–H and O–H groups in total. The molecule has 0 spiro atoms. The van der Waals surface area contributed by atoms with Gasteiger partial charge in [-0.2, -0.15) is 0 Å². The zero-order valence-electron chi connectivity index (χ0n) is 19.9. The lowest BCUT2D eigenvalue weighted by Crippen LogP contribution is -2.36. The molecular formula is C31H27FN2O2. The molecule has 0 saturated heterocycles. The molecule has 0 unspecified atom stereocenters. The molecule has 5 heteroatoms. The summed E-state index contributed by atoms with van der Waals surface area (Å²) in [5.41, 5.74) is 5.54. The third-order valence-electron chi connectivity index (χ3n) is 6.61. The first kappa shape index (κ1) is 23.5. The second-order valence-corrected chi connectivity index (χ2v) is 9.06. The highest BCUT2D eigenvalue weighted by Gasteiger charge is 2.21. The van der Waals surface area contributed by atoms with Crippen molar-refractivity contribution in [2.24, 2.45) is 0 Å². The van der Waals surface area contributed by atoms with Crippen LogP contribution in [0.3, 0.4) is 0 Å². The molecule has 2 amide bonds. The first-order valence-corrected chi connectivity index (χ1v) is 12.1. The van der Waals surface area contributed by atoms with E-state index in [2.05, 4.69) is 12.1 Å². The Morgan fingerprint density at radius 2 is 1.39 bits per heavy atom. The summed E-state index contributed by atoms with van der Waals surface area (Å²) in [6.07, 6.45) is 1.19. The molecular weight excluding hydrogens is 451 g/mol. The fourth-order valence-corrected chi connectivity index (χ4v) is 4.58. The molecule has 0 fully saturated rings. The highest BCUT2D eigenvalue weighted by atomic mass is 19.1. The molecule has 36 heavy (non-hydrogen) atoms. The van der Waals surface area contributed by atoms with E-state index in [0.717, 1.165) is 29.8 Å². The van der Waals surface area contributed by atoms with Crippen LogP contribution in [-0.4, -0.2) is 23.3 Å². The SMILES string of the molecule is O=C(Cc1ccc(N(Cc2ccc(F)cc2)C(=O)c2ccccc2)cc1)N1CCc2ccccc2C1. The minimum Gasteiger partial charge on any atom is -0.338 e. The smallest absolute Gasteiger partial charge is 0.258 e. The van der Waals surface area contributed by atoms with Crippen LogP contribution in [0.2, 0.25) is 0 Å². The third-order valence-corrected chi connectivity index (χ3v) is 6.61. The van der Waals surface area contributed by atoms with E-state index in [1.165, 1.54) is 23.3 Å².